The first-order valence-corrected chi connectivity index (χ1v) is 10.1. The number of carbonyl (C=O) groups is 2. The molecule has 2 aliphatic rings. The van der Waals surface area contributed by atoms with Crippen molar-refractivity contribution in [1.29, 1.82) is 0 Å². The molecule has 0 bridgehead atoms. The summed E-state index contributed by atoms with van der Waals surface area (Å²) in [5, 5.41) is 0. The topological polar surface area (TPSA) is 59.1 Å². The first-order chi connectivity index (χ1) is 14.1. The summed E-state index contributed by atoms with van der Waals surface area (Å²) in [6.07, 6.45) is 0.395. The Morgan fingerprint density at radius 1 is 0.966 bits per heavy atom. The maximum absolute atomic E-state index is 13.0. The smallest absolute Gasteiger partial charge is 0.223 e. The number of fused-ring (bicyclic) bond motifs is 1. The van der Waals surface area contributed by atoms with Crippen LogP contribution in [0.5, 0.6) is 11.5 Å². The Hall–Kier alpha value is -2.86. The fraction of sp³-hybridized carbons (Fsp3) is 0.391. The first kappa shape index (κ1) is 19.5. The van der Waals surface area contributed by atoms with Crippen LogP contribution in [-0.2, 0) is 4.79 Å². The van der Waals surface area contributed by atoms with Crippen molar-refractivity contribution in [1.82, 2.24) is 9.80 Å². The number of piperazine rings is 1. The number of Topliss-reactive ketones (excluding diaryl/α,β-unsaturated/α-hetero) is 1. The monoisotopic (exact) mass is 394 g/mol. The molecule has 29 heavy (non-hydrogen) atoms. The van der Waals surface area contributed by atoms with Gasteiger partial charge in [0.25, 0.3) is 0 Å². The molecule has 1 amide bonds. The zero-order chi connectivity index (χ0) is 20.2. The van der Waals surface area contributed by atoms with Gasteiger partial charge in [0.15, 0.2) is 17.3 Å². The van der Waals surface area contributed by atoms with Gasteiger partial charge in [-0.2, -0.15) is 0 Å². The highest BCUT2D eigenvalue weighted by molar-refractivity contribution is 5.98. The van der Waals surface area contributed by atoms with Crippen LogP contribution in [0.15, 0.2) is 48.5 Å². The SMILES string of the molecule is CN1CCN(C(=O)CCC(=O)c2ccc3c(c2)OCCO3)[C@@H](c2ccccc2)C1. The minimum absolute atomic E-state index is 0.0202. The molecule has 0 aromatic heterocycles. The first-order valence-electron chi connectivity index (χ1n) is 10.1. The average molecular weight is 394 g/mol. The average Bonchev–Trinajstić information content (AvgIpc) is 2.77. The van der Waals surface area contributed by atoms with E-state index < -0.39 is 0 Å². The number of hydrogen-bond acceptors (Lipinski definition) is 5. The van der Waals surface area contributed by atoms with Crippen molar-refractivity contribution in [3.8, 4) is 11.5 Å². The third kappa shape index (κ3) is 4.43. The van der Waals surface area contributed by atoms with Gasteiger partial charge in [-0.1, -0.05) is 30.3 Å². The van der Waals surface area contributed by atoms with E-state index in [1.54, 1.807) is 18.2 Å². The Kier molecular flexibility index (Phi) is 5.81. The summed E-state index contributed by atoms with van der Waals surface area (Å²) < 4.78 is 11.0. The van der Waals surface area contributed by atoms with E-state index in [0.717, 1.165) is 18.7 Å². The van der Waals surface area contributed by atoms with Gasteiger partial charge in [0, 0.05) is 38.0 Å². The van der Waals surface area contributed by atoms with Gasteiger partial charge < -0.3 is 19.3 Å². The molecule has 0 radical (unpaired) electrons. The maximum atomic E-state index is 13.0. The second-order valence-corrected chi connectivity index (χ2v) is 7.56. The van der Waals surface area contributed by atoms with Crippen molar-refractivity contribution >= 4 is 11.7 Å². The lowest BCUT2D eigenvalue weighted by Gasteiger charge is -2.40. The van der Waals surface area contributed by atoms with Crippen molar-refractivity contribution in [3.63, 3.8) is 0 Å². The van der Waals surface area contributed by atoms with Gasteiger partial charge in [-0.3, -0.25) is 9.59 Å². The summed E-state index contributed by atoms with van der Waals surface area (Å²) in [5.74, 6) is 1.22. The van der Waals surface area contributed by atoms with E-state index in [1.807, 2.05) is 23.1 Å². The van der Waals surface area contributed by atoms with Crippen molar-refractivity contribution in [2.45, 2.75) is 18.9 Å². The van der Waals surface area contributed by atoms with Crippen molar-refractivity contribution in [2.24, 2.45) is 0 Å². The summed E-state index contributed by atoms with van der Waals surface area (Å²) in [7, 11) is 2.07. The third-order valence-electron chi connectivity index (χ3n) is 5.52. The zero-order valence-electron chi connectivity index (χ0n) is 16.7. The van der Waals surface area contributed by atoms with E-state index in [2.05, 4.69) is 24.1 Å². The molecule has 1 atom stereocenters. The van der Waals surface area contributed by atoms with E-state index in [9.17, 15) is 9.59 Å². The number of ether oxygens (including phenoxy) is 2. The van der Waals surface area contributed by atoms with Crippen LogP contribution >= 0.6 is 0 Å². The van der Waals surface area contributed by atoms with Gasteiger partial charge in [-0.05, 0) is 30.8 Å². The molecule has 6 nitrogen and oxygen atoms in total. The molecule has 1 saturated heterocycles. The quantitative estimate of drug-likeness (QED) is 0.730. The van der Waals surface area contributed by atoms with Crippen LogP contribution in [0.25, 0.3) is 0 Å². The van der Waals surface area contributed by atoms with E-state index in [0.29, 0.717) is 36.8 Å². The lowest BCUT2D eigenvalue weighted by molar-refractivity contribution is -0.136. The Labute approximate surface area is 171 Å². The van der Waals surface area contributed by atoms with E-state index in [4.69, 9.17) is 9.47 Å². The lowest BCUT2D eigenvalue weighted by Crippen LogP contribution is -2.49. The van der Waals surface area contributed by atoms with E-state index >= 15 is 0 Å². The second-order valence-electron chi connectivity index (χ2n) is 7.56. The molecule has 2 heterocycles. The number of likely N-dealkylation sites (N-methyl/N-ethyl adjacent to an activating group) is 1. The molecule has 4 rings (SSSR count). The number of benzene rings is 2. The number of carbonyl (C=O) groups excluding carboxylic acids is 2. The van der Waals surface area contributed by atoms with Gasteiger partial charge >= 0.3 is 0 Å². The molecule has 1 fully saturated rings. The summed E-state index contributed by atoms with van der Waals surface area (Å²) in [5.41, 5.74) is 1.69. The fourth-order valence-corrected chi connectivity index (χ4v) is 3.90. The fourth-order valence-electron chi connectivity index (χ4n) is 3.90. The van der Waals surface area contributed by atoms with Gasteiger partial charge in [0.2, 0.25) is 5.91 Å². The molecule has 152 valence electrons. The molecular formula is C23H26N2O4. The van der Waals surface area contributed by atoms with Gasteiger partial charge in [-0.15, -0.1) is 0 Å². The second kappa shape index (κ2) is 8.66. The van der Waals surface area contributed by atoms with Crippen LogP contribution in [0.2, 0.25) is 0 Å². The number of amides is 1. The Morgan fingerprint density at radius 3 is 2.52 bits per heavy atom. The molecule has 0 saturated carbocycles. The van der Waals surface area contributed by atoms with Crippen LogP contribution in [0.4, 0.5) is 0 Å². The van der Waals surface area contributed by atoms with Gasteiger partial charge in [0.1, 0.15) is 13.2 Å². The standard InChI is InChI=1S/C23H26N2O4/c1-24-11-12-25(19(16-24)17-5-3-2-4-6-17)23(27)10-8-20(26)18-7-9-21-22(15-18)29-14-13-28-21/h2-7,9,15,19H,8,10-14,16H2,1H3/t19-/m1/s1. The van der Waals surface area contributed by atoms with Crippen LogP contribution in [-0.4, -0.2) is 61.4 Å². The highest BCUT2D eigenvalue weighted by atomic mass is 16.6. The van der Waals surface area contributed by atoms with Crippen molar-refractivity contribution < 1.29 is 19.1 Å². The van der Waals surface area contributed by atoms with Crippen LogP contribution in [0.3, 0.4) is 0 Å². The number of ketones is 1. The predicted octanol–water partition coefficient (Wildman–Crippen LogP) is 2.94. The minimum Gasteiger partial charge on any atom is -0.486 e. The molecular weight excluding hydrogens is 368 g/mol. The molecule has 0 unspecified atom stereocenters. The Balaban J connectivity index is 1.41. The predicted molar refractivity (Wildman–Crippen MR) is 109 cm³/mol. The maximum Gasteiger partial charge on any atom is 0.223 e. The summed E-state index contributed by atoms with van der Waals surface area (Å²) in [6.45, 7) is 3.31. The molecule has 6 heteroatoms. The summed E-state index contributed by atoms with van der Waals surface area (Å²) >= 11 is 0. The summed E-state index contributed by atoms with van der Waals surface area (Å²) in [4.78, 5) is 29.8. The zero-order valence-corrected chi connectivity index (χ0v) is 16.7. The molecule has 0 aliphatic carbocycles. The summed E-state index contributed by atoms with van der Waals surface area (Å²) in [6, 6.07) is 15.3. The lowest BCUT2D eigenvalue weighted by atomic mass is 10.0. The van der Waals surface area contributed by atoms with E-state index in [-0.39, 0.29) is 30.6 Å². The van der Waals surface area contributed by atoms with Crippen LogP contribution in [0, 0.1) is 0 Å². The van der Waals surface area contributed by atoms with Crippen LogP contribution in [0.1, 0.15) is 34.8 Å². The molecule has 0 spiro atoms. The molecule has 2 aromatic rings. The van der Waals surface area contributed by atoms with Crippen molar-refractivity contribution in [2.75, 3.05) is 39.9 Å². The largest absolute Gasteiger partial charge is 0.486 e. The number of nitrogens with zero attached hydrogens (tertiary/aromatic N) is 2. The van der Waals surface area contributed by atoms with Gasteiger partial charge in [-0.25, -0.2) is 0 Å². The minimum atomic E-state index is -0.0549. The third-order valence-corrected chi connectivity index (χ3v) is 5.52. The van der Waals surface area contributed by atoms with Gasteiger partial charge in [0.05, 0.1) is 6.04 Å². The highest BCUT2D eigenvalue weighted by Gasteiger charge is 2.30. The number of rotatable bonds is 5. The highest BCUT2D eigenvalue weighted by Crippen LogP contribution is 2.31. The van der Waals surface area contributed by atoms with Crippen molar-refractivity contribution in [3.05, 3.63) is 59.7 Å². The number of hydrogen-bond donors (Lipinski definition) is 0. The molecule has 2 aliphatic heterocycles. The van der Waals surface area contributed by atoms with E-state index in [1.165, 1.54) is 0 Å². The molecule has 0 N–H and O–H groups in total. The normalized spacial score (nSPS) is 19.1. The van der Waals surface area contributed by atoms with Crippen LogP contribution < -0.4 is 9.47 Å². The Bertz CT molecular complexity index is 884. The molecule has 2 aromatic carbocycles. The Morgan fingerprint density at radius 2 is 1.72 bits per heavy atom.